The van der Waals surface area contributed by atoms with Crippen molar-refractivity contribution in [2.45, 2.75) is 26.8 Å². The Bertz CT molecular complexity index is 837. The van der Waals surface area contributed by atoms with Crippen LogP contribution in [0, 0.1) is 6.92 Å². The van der Waals surface area contributed by atoms with Crippen molar-refractivity contribution in [3.63, 3.8) is 0 Å². The van der Waals surface area contributed by atoms with Gasteiger partial charge in [-0.3, -0.25) is 4.98 Å². The minimum Gasteiger partial charge on any atom is -0.462 e. The van der Waals surface area contributed by atoms with Gasteiger partial charge in [0, 0.05) is 29.0 Å². The number of carbonyl (C=O) groups is 1. The first kappa shape index (κ1) is 15.3. The number of benzene rings is 1. The third kappa shape index (κ3) is 2.61. The van der Waals surface area contributed by atoms with Crippen LogP contribution >= 0.6 is 0 Å². The van der Waals surface area contributed by atoms with Crippen LogP contribution in [0.4, 0.5) is 0 Å². The number of fused-ring (bicyclic) bond motifs is 1. The van der Waals surface area contributed by atoms with E-state index in [1.165, 1.54) is 0 Å². The first-order chi connectivity index (χ1) is 11.1. The molecule has 0 spiro atoms. The van der Waals surface area contributed by atoms with Gasteiger partial charge in [0.25, 0.3) is 0 Å². The van der Waals surface area contributed by atoms with Crippen LogP contribution in [-0.2, 0) is 4.74 Å². The standard InChI is InChI=1S/C19H20N2O2/c1-4-23-19(22)18-14(3)21(17-8-6-5-7-16(17)18)13(2)15-9-11-20-12-10-15/h5-13H,4H2,1-3H3. The van der Waals surface area contributed by atoms with Gasteiger partial charge in [0.2, 0.25) is 0 Å². The zero-order valence-electron chi connectivity index (χ0n) is 13.6. The van der Waals surface area contributed by atoms with E-state index in [0.717, 1.165) is 22.2 Å². The Morgan fingerprint density at radius 1 is 1.22 bits per heavy atom. The lowest BCUT2D eigenvalue weighted by molar-refractivity contribution is 0.0527. The van der Waals surface area contributed by atoms with E-state index >= 15 is 0 Å². The fraction of sp³-hybridized carbons (Fsp3) is 0.263. The second-order valence-electron chi connectivity index (χ2n) is 5.52. The maximum absolute atomic E-state index is 12.4. The number of hydrogen-bond donors (Lipinski definition) is 0. The van der Waals surface area contributed by atoms with Crippen LogP contribution in [0.3, 0.4) is 0 Å². The molecule has 0 radical (unpaired) electrons. The van der Waals surface area contributed by atoms with Gasteiger partial charge >= 0.3 is 5.97 Å². The van der Waals surface area contributed by atoms with E-state index in [9.17, 15) is 4.79 Å². The third-order valence-electron chi connectivity index (χ3n) is 4.21. The van der Waals surface area contributed by atoms with Gasteiger partial charge in [-0.15, -0.1) is 0 Å². The van der Waals surface area contributed by atoms with E-state index in [1.807, 2.05) is 50.2 Å². The minimum absolute atomic E-state index is 0.103. The molecule has 2 aromatic heterocycles. The quantitative estimate of drug-likeness (QED) is 0.681. The fourth-order valence-electron chi connectivity index (χ4n) is 3.14. The summed E-state index contributed by atoms with van der Waals surface area (Å²) in [5, 5.41) is 0.935. The smallest absolute Gasteiger partial charge is 0.340 e. The zero-order chi connectivity index (χ0) is 16.4. The summed E-state index contributed by atoms with van der Waals surface area (Å²) < 4.78 is 7.44. The molecule has 0 aliphatic carbocycles. The summed E-state index contributed by atoms with van der Waals surface area (Å²) >= 11 is 0. The predicted octanol–water partition coefficient (Wildman–Crippen LogP) is 4.13. The number of esters is 1. The van der Waals surface area contributed by atoms with Gasteiger partial charge in [0.15, 0.2) is 0 Å². The molecule has 0 fully saturated rings. The summed E-state index contributed by atoms with van der Waals surface area (Å²) in [4.78, 5) is 16.5. The molecule has 1 unspecified atom stereocenters. The Morgan fingerprint density at radius 3 is 2.61 bits per heavy atom. The molecular formula is C19H20N2O2. The van der Waals surface area contributed by atoms with Crippen molar-refractivity contribution in [1.29, 1.82) is 0 Å². The second-order valence-corrected chi connectivity index (χ2v) is 5.52. The molecule has 1 aromatic carbocycles. The molecular weight excluding hydrogens is 288 g/mol. The monoisotopic (exact) mass is 308 g/mol. The van der Waals surface area contributed by atoms with Gasteiger partial charge in [-0.05, 0) is 44.5 Å². The summed E-state index contributed by atoms with van der Waals surface area (Å²) in [6.07, 6.45) is 3.58. The average Bonchev–Trinajstić information content (AvgIpc) is 2.87. The normalized spacial score (nSPS) is 12.3. The number of carbonyl (C=O) groups excluding carboxylic acids is 1. The highest BCUT2D eigenvalue weighted by Crippen LogP contribution is 2.32. The Hall–Kier alpha value is -2.62. The van der Waals surface area contributed by atoms with Crippen molar-refractivity contribution in [1.82, 2.24) is 9.55 Å². The lowest BCUT2D eigenvalue weighted by atomic mass is 10.1. The van der Waals surface area contributed by atoms with Crippen LogP contribution in [0.15, 0.2) is 48.8 Å². The number of pyridine rings is 1. The molecule has 118 valence electrons. The molecule has 0 N–H and O–H groups in total. The maximum atomic E-state index is 12.4. The lowest BCUT2D eigenvalue weighted by Gasteiger charge is -2.18. The third-order valence-corrected chi connectivity index (χ3v) is 4.21. The van der Waals surface area contributed by atoms with Crippen LogP contribution in [0.2, 0.25) is 0 Å². The van der Waals surface area contributed by atoms with Crippen molar-refractivity contribution < 1.29 is 9.53 Å². The second kappa shape index (κ2) is 6.24. The SMILES string of the molecule is CCOC(=O)c1c(C)n(C(C)c2ccncc2)c2ccccc12. The van der Waals surface area contributed by atoms with Crippen LogP contribution in [-0.4, -0.2) is 22.1 Å². The first-order valence-electron chi connectivity index (χ1n) is 7.81. The largest absolute Gasteiger partial charge is 0.462 e. The van der Waals surface area contributed by atoms with Crippen molar-refractivity contribution in [2.75, 3.05) is 6.61 Å². The average molecular weight is 308 g/mol. The molecule has 4 heteroatoms. The summed E-state index contributed by atoms with van der Waals surface area (Å²) in [6, 6.07) is 12.1. The Balaban J connectivity index is 2.21. The Labute approximate surface area is 135 Å². The fourth-order valence-corrected chi connectivity index (χ4v) is 3.14. The minimum atomic E-state index is -0.262. The van der Waals surface area contributed by atoms with E-state index in [2.05, 4.69) is 16.5 Å². The summed E-state index contributed by atoms with van der Waals surface area (Å²) in [5.74, 6) is -0.262. The Kier molecular flexibility index (Phi) is 4.15. The van der Waals surface area contributed by atoms with Gasteiger partial charge in [0.05, 0.1) is 18.2 Å². The molecule has 1 atom stereocenters. The van der Waals surface area contributed by atoms with Crippen LogP contribution in [0.25, 0.3) is 10.9 Å². The predicted molar refractivity (Wildman–Crippen MR) is 90.7 cm³/mol. The molecule has 23 heavy (non-hydrogen) atoms. The van der Waals surface area contributed by atoms with Crippen molar-refractivity contribution in [3.8, 4) is 0 Å². The van der Waals surface area contributed by atoms with E-state index in [-0.39, 0.29) is 12.0 Å². The van der Waals surface area contributed by atoms with E-state index < -0.39 is 0 Å². The molecule has 0 aliphatic heterocycles. The van der Waals surface area contributed by atoms with Gasteiger partial charge in [-0.25, -0.2) is 4.79 Å². The highest BCUT2D eigenvalue weighted by atomic mass is 16.5. The van der Waals surface area contributed by atoms with Gasteiger partial charge in [-0.1, -0.05) is 18.2 Å². The van der Waals surface area contributed by atoms with Crippen LogP contribution < -0.4 is 0 Å². The van der Waals surface area contributed by atoms with Crippen LogP contribution in [0.5, 0.6) is 0 Å². The topological polar surface area (TPSA) is 44.1 Å². The lowest BCUT2D eigenvalue weighted by Crippen LogP contribution is -2.11. The molecule has 0 saturated carbocycles. The highest BCUT2D eigenvalue weighted by Gasteiger charge is 2.23. The molecule has 0 aliphatic rings. The van der Waals surface area contributed by atoms with Gasteiger partial charge in [-0.2, -0.15) is 0 Å². The molecule has 3 rings (SSSR count). The van der Waals surface area contributed by atoms with Gasteiger partial charge < -0.3 is 9.30 Å². The summed E-state index contributed by atoms with van der Waals surface area (Å²) in [5.41, 5.74) is 3.77. The number of aromatic nitrogens is 2. The number of nitrogens with zero attached hydrogens (tertiary/aromatic N) is 2. The molecule has 3 aromatic rings. The van der Waals surface area contributed by atoms with Crippen molar-refractivity contribution in [3.05, 3.63) is 65.6 Å². The van der Waals surface area contributed by atoms with Crippen molar-refractivity contribution in [2.24, 2.45) is 0 Å². The number of ether oxygens (including phenoxy) is 1. The van der Waals surface area contributed by atoms with E-state index in [0.29, 0.717) is 12.2 Å². The van der Waals surface area contributed by atoms with Crippen molar-refractivity contribution >= 4 is 16.9 Å². The van der Waals surface area contributed by atoms with E-state index in [4.69, 9.17) is 4.74 Å². The molecule has 4 nitrogen and oxygen atoms in total. The first-order valence-corrected chi connectivity index (χ1v) is 7.81. The maximum Gasteiger partial charge on any atom is 0.340 e. The molecule has 0 amide bonds. The highest BCUT2D eigenvalue weighted by molar-refractivity contribution is 6.06. The summed E-state index contributed by atoms with van der Waals surface area (Å²) in [6.45, 7) is 6.30. The molecule has 0 saturated heterocycles. The zero-order valence-corrected chi connectivity index (χ0v) is 13.6. The Morgan fingerprint density at radius 2 is 1.91 bits per heavy atom. The van der Waals surface area contributed by atoms with Crippen LogP contribution in [0.1, 0.15) is 41.5 Å². The number of para-hydroxylation sites is 1. The number of hydrogen-bond acceptors (Lipinski definition) is 3. The van der Waals surface area contributed by atoms with E-state index in [1.54, 1.807) is 12.4 Å². The molecule has 2 heterocycles. The summed E-state index contributed by atoms with van der Waals surface area (Å²) in [7, 11) is 0. The van der Waals surface area contributed by atoms with Gasteiger partial charge in [0.1, 0.15) is 0 Å². The number of rotatable bonds is 4. The molecule has 0 bridgehead atoms.